The van der Waals surface area contributed by atoms with Crippen molar-refractivity contribution in [2.45, 2.75) is 0 Å². The normalized spacial score (nSPS) is 11.6. The molecule has 0 saturated heterocycles. The molecule has 0 spiro atoms. The highest BCUT2D eigenvalue weighted by Crippen LogP contribution is 2.36. The van der Waals surface area contributed by atoms with Crippen LogP contribution in [0.1, 0.15) is 0 Å². The molecule has 3 heteroatoms. The Morgan fingerprint density at radius 3 is 1.41 bits per heavy atom. The van der Waals surface area contributed by atoms with Crippen LogP contribution in [0, 0.1) is 0 Å². The summed E-state index contributed by atoms with van der Waals surface area (Å²) in [6, 6.07) is 51.8. The van der Waals surface area contributed by atoms with E-state index < -0.39 is 0 Å². The van der Waals surface area contributed by atoms with Gasteiger partial charge in [0.1, 0.15) is 0 Å². The van der Waals surface area contributed by atoms with Crippen LogP contribution in [0.4, 0.5) is 11.4 Å². The molecular weight excluding hydrogens is 474 g/mol. The van der Waals surface area contributed by atoms with Crippen LogP contribution < -0.4 is 5.32 Å². The van der Waals surface area contributed by atoms with Crippen LogP contribution in [0.25, 0.3) is 55.0 Å². The van der Waals surface area contributed by atoms with Crippen LogP contribution in [0.15, 0.2) is 146 Å². The summed E-state index contributed by atoms with van der Waals surface area (Å²) in [4.78, 5) is 0. The van der Waals surface area contributed by atoms with Gasteiger partial charge in [0, 0.05) is 32.9 Å². The number of hydrogen-bond acceptors (Lipinski definition) is 1. The molecule has 0 fully saturated rings. The molecule has 2 heterocycles. The third-order valence-corrected chi connectivity index (χ3v) is 7.69. The Morgan fingerprint density at radius 1 is 0.385 bits per heavy atom. The van der Waals surface area contributed by atoms with Crippen LogP contribution >= 0.6 is 0 Å². The Kier molecular flexibility index (Phi) is 4.82. The number of rotatable bonds is 4. The molecule has 8 rings (SSSR count). The standard InChI is InChI=1S/C36H25N3/c1-6-19-32-27(14-1)28-15-2-7-20-33(28)38(32)26-13-11-12-25(24-26)37-31-18-5-10-23-36(31)39-34-21-8-3-16-29(34)30-17-4-9-22-35(30)39/h1-24,37H. The van der Waals surface area contributed by atoms with E-state index in [2.05, 4.69) is 160 Å². The molecule has 0 aliphatic rings. The lowest BCUT2D eigenvalue weighted by molar-refractivity contribution is 1.17. The Hall–Kier alpha value is -5.28. The Balaban J connectivity index is 1.28. The van der Waals surface area contributed by atoms with Crippen molar-refractivity contribution in [1.29, 1.82) is 0 Å². The topological polar surface area (TPSA) is 21.9 Å². The number of anilines is 2. The van der Waals surface area contributed by atoms with E-state index in [1.54, 1.807) is 0 Å². The SMILES string of the molecule is c1cc(Nc2ccccc2-n2c3ccccc3c3ccccc32)cc(-n2c3ccccc3c3ccccc32)c1. The fourth-order valence-electron chi connectivity index (χ4n) is 6.04. The maximum atomic E-state index is 3.75. The molecule has 2 aromatic heterocycles. The van der Waals surface area contributed by atoms with Crippen LogP contribution in [0.5, 0.6) is 0 Å². The highest BCUT2D eigenvalue weighted by atomic mass is 15.0. The summed E-state index contributed by atoms with van der Waals surface area (Å²) in [6.45, 7) is 0. The van der Waals surface area contributed by atoms with Gasteiger partial charge in [0.05, 0.1) is 33.4 Å². The monoisotopic (exact) mass is 499 g/mol. The average Bonchev–Trinajstić information content (AvgIpc) is 3.51. The predicted octanol–water partition coefficient (Wildman–Crippen LogP) is 9.62. The first kappa shape index (κ1) is 21.8. The number of benzene rings is 6. The van der Waals surface area contributed by atoms with Crippen LogP contribution in [-0.4, -0.2) is 9.13 Å². The summed E-state index contributed by atoms with van der Waals surface area (Å²) < 4.78 is 4.72. The third kappa shape index (κ3) is 3.37. The second-order valence-electron chi connectivity index (χ2n) is 9.93. The van der Waals surface area contributed by atoms with Crippen molar-refractivity contribution in [2.24, 2.45) is 0 Å². The third-order valence-electron chi connectivity index (χ3n) is 7.69. The first-order valence-electron chi connectivity index (χ1n) is 13.3. The Morgan fingerprint density at radius 2 is 0.846 bits per heavy atom. The van der Waals surface area contributed by atoms with Crippen molar-refractivity contribution >= 4 is 55.0 Å². The zero-order valence-corrected chi connectivity index (χ0v) is 21.3. The summed E-state index contributed by atoms with van der Waals surface area (Å²) >= 11 is 0. The highest BCUT2D eigenvalue weighted by Gasteiger charge is 2.15. The van der Waals surface area contributed by atoms with Crippen molar-refractivity contribution in [3.8, 4) is 11.4 Å². The number of fused-ring (bicyclic) bond motifs is 6. The summed E-state index contributed by atoms with van der Waals surface area (Å²) in [5.74, 6) is 0. The van der Waals surface area contributed by atoms with E-state index in [0.717, 1.165) is 22.7 Å². The number of aromatic nitrogens is 2. The minimum atomic E-state index is 1.04. The highest BCUT2D eigenvalue weighted by molar-refractivity contribution is 6.10. The number of nitrogens with zero attached hydrogens (tertiary/aromatic N) is 2. The fourth-order valence-corrected chi connectivity index (χ4v) is 6.04. The minimum Gasteiger partial charge on any atom is -0.354 e. The van der Waals surface area contributed by atoms with E-state index in [-0.39, 0.29) is 0 Å². The molecule has 0 aliphatic heterocycles. The molecule has 0 saturated carbocycles. The maximum absolute atomic E-state index is 3.75. The van der Waals surface area contributed by atoms with Crippen LogP contribution in [0.2, 0.25) is 0 Å². The molecule has 0 unspecified atom stereocenters. The zero-order chi connectivity index (χ0) is 25.8. The van der Waals surface area contributed by atoms with Gasteiger partial charge in [0.15, 0.2) is 0 Å². The van der Waals surface area contributed by atoms with E-state index in [1.807, 2.05) is 0 Å². The van der Waals surface area contributed by atoms with Crippen molar-refractivity contribution in [1.82, 2.24) is 9.13 Å². The molecule has 0 aliphatic carbocycles. The minimum absolute atomic E-state index is 1.04. The number of nitrogens with one attached hydrogen (secondary N) is 1. The molecule has 39 heavy (non-hydrogen) atoms. The molecule has 0 bridgehead atoms. The summed E-state index contributed by atoms with van der Waals surface area (Å²) in [7, 11) is 0. The number of para-hydroxylation sites is 6. The first-order chi connectivity index (χ1) is 19.4. The van der Waals surface area contributed by atoms with Gasteiger partial charge in [0.25, 0.3) is 0 Å². The van der Waals surface area contributed by atoms with Gasteiger partial charge in [-0.15, -0.1) is 0 Å². The molecule has 0 amide bonds. The summed E-state index contributed by atoms with van der Waals surface area (Å²) in [5.41, 5.74) is 9.18. The largest absolute Gasteiger partial charge is 0.354 e. The smallest absolute Gasteiger partial charge is 0.0697 e. The molecule has 6 aromatic carbocycles. The van der Waals surface area contributed by atoms with Gasteiger partial charge >= 0.3 is 0 Å². The van der Waals surface area contributed by atoms with E-state index in [1.165, 1.54) is 43.6 Å². The molecule has 184 valence electrons. The van der Waals surface area contributed by atoms with Crippen LogP contribution in [0.3, 0.4) is 0 Å². The van der Waals surface area contributed by atoms with Crippen molar-refractivity contribution in [3.63, 3.8) is 0 Å². The van der Waals surface area contributed by atoms with Gasteiger partial charge in [-0.1, -0.05) is 91.0 Å². The lowest BCUT2D eigenvalue weighted by Gasteiger charge is -2.16. The van der Waals surface area contributed by atoms with Gasteiger partial charge < -0.3 is 14.5 Å². The molecule has 8 aromatic rings. The van der Waals surface area contributed by atoms with Crippen LogP contribution in [-0.2, 0) is 0 Å². The second kappa shape index (κ2) is 8.64. The maximum Gasteiger partial charge on any atom is 0.0697 e. The van der Waals surface area contributed by atoms with E-state index in [0.29, 0.717) is 0 Å². The summed E-state index contributed by atoms with van der Waals surface area (Å²) in [5, 5.41) is 8.81. The molecule has 3 nitrogen and oxygen atoms in total. The van der Waals surface area contributed by atoms with Gasteiger partial charge in [-0.3, -0.25) is 0 Å². The lowest BCUT2D eigenvalue weighted by atomic mass is 10.2. The Bertz CT molecular complexity index is 2060. The molecule has 0 atom stereocenters. The van der Waals surface area contributed by atoms with Gasteiger partial charge in [0.2, 0.25) is 0 Å². The zero-order valence-electron chi connectivity index (χ0n) is 21.3. The summed E-state index contributed by atoms with van der Waals surface area (Å²) in [6.07, 6.45) is 0. The van der Waals surface area contributed by atoms with E-state index >= 15 is 0 Å². The van der Waals surface area contributed by atoms with Gasteiger partial charge in [-0.25, -0.2) is 0 Å². The van der Waals surface area contributed by atoms with Gasteiger partial charge in [-0.05, 0) is 54.6 Å². The van der Waals surface area contributed by atoms with Crippen molar-refractivity contribution < 1.29 is 0 Å². The number of hydrogen-bond donors (Lipinski definition) is 1. The molecular formula is C36H25N3. The van der Waals surface area contributed by atoms with Gasteiger partial charge in [-0.2, -0.15) is 0 Å². The lowest BCUT2D eigenvalue weighted by Crippen LogP contribution is -2.01. The quantitative estimate of drug-likeness (QED) is 0.256. The fraction of sp³-hybridized carbons (Fsp3) is 0. The van der Waals surface area contributed by atoms with E-state index in [9.17, 15) is 0 Å². The van der Waals surface area contributed by atoms with Crippen molar-refractivity contribution in [2.75, 3.05) is 5.32 Å². The second-order valence-corrected chi connectivity index (χ2v) is 9.93. The van der Waals surface area contributed by atoms with Crippen molar-refractivity contribution in [3.05, 3.63) is 146 Å². The predicted molar refractivity (Wildman–Crippen MR) is 165 cm³/mol. The average molecular weight is 500 g/mol. The molecule has 0 radical (unpaired) electrons. The van der Waals surface area contributed by atoms with E-state index in [4.69, 9.17) is 0 Å². The Labute approximate surface area is 226 Å². The molecule has 1 N–H and O–H groups in total. The first-order valence-corrected chi connectivity index (χ1v) is 13.3.